The standard InChI is InChI=1S/C28H36N4O5/c1-16(2)12-23(29-3)26(33)30-18-10-11-32-24(14-18)27(34)31-22-9-6-17(13-21(22)28(32)35)20-8-7-19(36-4)15-25(20)37-5/h6-9,13,15-16,18,23-24,29H,10-12,14H2,1-5H3,(H,30,33)(H,31,34). The smallest absolute Gasteiger partial charge is 0.256 e. The molecule has 3 N–H and O–H groups in total. The van der Waals surface area contributed by atoms with Gasteiger partial charge in [-0.15, -0.1) is 0 Å². The van der Waals surface area contributed by atoms with Crippen molar-refractivity contribution in [2.75, 3.05) is 33.1 Å². The molecule has 3 atom stereocenters. The van der Waals surface area contributed by atoms with Crippen molar-refractivity contribution in [2.45, 2.75) is 51.2 Å². The summed E-state index contributed by atoms with van der Waals surface area (Å²) in [5, 5.41) is 9.11. The van der Waals surface area contributed by atoms with Gasteiger partial charge in [0.05, 0.1) is 31.5 Å². The number of piperidine rings is 1. The predicted molar refractivity (Wildman–Crippen MR) is 142 cm³/mol. The molecule has 2 aliphatic rings. The van der Waals surface area contributed by atoms with E-state index in [0.29, 0.717) is 48.1 Å². The molecule has 0 radical (unpaired) electrons. The first-order chi connectivity index (χ1) is 17.7. The summed E-state index contributed by atoms with van der Waals surface area (Å²) in [6.07, 6.45) is 1.68. The van der Waals surface area contributed by atoms with Gasteiger partial charge in [-0.2, -0.15) is 0 Å². The predicted octanol–water partition coefficient (Wildman–Crippen LogP) is 3.05. The van der Waals surface area contributed by atoms with Crippen LogP contribution in [0.2, 0.25) is 0 Å². The van der Waals surface area contributed by atoms with Crippen LogP contribution in [0.5, 0.6) is 11.5 Å². The Morgan fingerprint density at radius 1 is 1.11 bits per heavy atom. The van der Waals surface area contributed by atoms with Crippen LogP contribution in [0, 0.1) is 5.92 Å². The van der Waals surface area contributed by atoms with E-state index in [-0.39, 0.29) is 29.8 Å². The minimum atomic E-state index is -0.656. The van der Waals surface area contributed by atoms with E-state index < -0.39 is 6.04 Å². The molecule has 2 aromatic rings. The van der Waals surface area contributed by atoms with Crippen molar-refractivity contribution in [1.82, 2.24) is 15.5 Å². The van der Waals surface area contributed by atoms with Crippen molar-refractivity contribution in [3.63, 3.8) is 0 Å². The molecule has 2 aromatic carbocycles. The lowest BCUT2D eigenvalue weighted by atomic mass is 9.95. The maximum Gasteiger partial charge on any atom is 0.256 e. The van der Waals surface area contributed by atoms with Crippen molar-refractivity contribution in [3.8, 4) is 22.6 Å². The first-order valence-electron chi connectivity index (χ1n) is 12.7. The van der Waals surface area contributed by atoms with Crippen LogP contribution in [0.3, 0.4) is 0 Å². The number of methoxy groups -OCH3 is 2. The number of ether oxygens (including phenoxy) is 2. The molecule has 198 valence electrons. The van der Waals surface area contributed by atoms with Gasteiger partial charge in [-0.1, -0.05) is 19.9 Å². The highest BCUT2D eigenvalue weighted by Gasteiger charge is 2.40. The summed E-state index contributed by atoms with van der Waals surface area (Å²) >= 11 is 0. The highest BCUT2D eigenvalue weighted by molar-refractivity contribution is 6.10. The first kappa shape index (κ1) is 26.5. The fourth-order valence-corrected chi connectivity index (χ4v) is 5.12. The van der Waals surface area contributed by atoms with Crippen LogP contribution in [0.1, 0.15) is 43.5 Å². The molecule has 1 saturated heterocycles. The summed E-state index contributed by atoms with van der Waals surface area (Å²) in [4.78, 5) is 41.3. The van der Waals surface area contributed by atoms with Crippen LogP contribution in [0.15, 0.2) is 36.4 Å². The average molecular weight is 509 g/mol. The lowest BCUT2D eigenvalue weighted by Gasteiger charge is -2.37. The van der Waals surface area contributed by atoms with E-state index in [0.717, 1.165) is 17.5 Å². The van der Waals surface area contributed by atoms with Gasteiger partial charge in [-0.05, 0) is 62.1 Å². The molecule has 37 heavy (non-hydrogen) atoms. The zero-order valence-electron chi connectivity index (χ0n) is 22.1. The maximum atomic E-state index is 13.6. The number of nitrogens with zero attached hydrogens (tertiary/aromatic N) is 1. The van der Waals surface area contributed by atoms with Crippen molar-refractivity contribution < 1.29 is 23.9 Å². The van der Waals surface area contributed by atoms with Gasteiger partial charge in [-0.3, -0.25) is 14.4 Å². The topological polar surface area (TPSA) is 109 Å². The molecule has 4 rings (SSSR count). The Morgan fingerprint density at radius 3 is 2.57 bits per heavy atom. The monoisotopic (exact) mass is 508 g/mol. The Balaban J connectivity index is 1.55. The molecule has 3 amide bonds. The lowest BCUT2D eigenvalue weighted by Crippen LogP contribution is -2.56. The van der Waals surface area contributed by atoms with Crippen LogP contribution >= 0.6 is 0 Å². The Bertz CT molecular complexity index is 1180. The van der Waals surface area contributed by atoms with E-state index in [1.165, 1.54) is 0 Å². The van der Waals surface area contributed by atoms with Gasteiger partial charge in [0, 0.05) is 24.2 Å². The Morgan fingerprint density at radius 2 is 1.89 bits per heavy atom. The SMILES string of the molecule is CNC(CC(C)C)C(=O)NC1CCN2C(=O)c3cc(-c4ccc(OC)cc4OC)ccc3NC(=O)C2C1. The van der Waals surface area contributed by atoms with Crippen molar-refractivity contribution in [3.05, 3.63) is 42.0 Å². The van der Waals surface area contributed by atoms with Crippen LogP contribution < -0.4 is 25.4 Å². The molecule has 9 nitrogen and oxygen atoms in total. The van der Waals surface area contributed by atoms with Gasteiger partial charge in [0.15, 0.2) is 0 Å². The molecule has 0 saturated carbocycles. The number of carbonyl (C=O) groups excluding carboxylic acids is 3. The summed E-state index contributed by atoms with van der Waals surface area (Å²) in [5.74, 6) is 1.14. The summed E-state index contributed by atoms with van der Waals surface area (Å²) in [6.45, 7) is 4.53. The molecule has 9 heteroatoms. The summed E-state index contributed by atoms with van der Waals surface area (Å²) in [5.41, 5.74) is 2.52. The highest BCUT2D eigenvalue weighted by Crippen LogP contribution is 2.37. The third kappa shape index (κ3) is 5.56. The van der Waals surface area contributed by atoms with Crippen molar-refractivity contribution >= 4 is 23.4 Å². The number of amides is 3. The van der Waals surface area contributed by atoms with Gasteiger partial charge < -0.3 is 30.3 Å². The van der Waals surface area contributed by atoms with Gasteiger partial charge in [0.25, 0.3) is 5.91 Å². The third-order valence-electron chi connectivity index (χ3n) is 7.11. The average Bonchev–Trinajstić information content (AvgIpc) is 3.00. The second-order valence-electron chi connectivity index (χ2n) is 10.0. The Kier molecular flexibility index (Phi) is 8.02. The van der Waals surface area contributed by atoms with E-state index in [1.54, 1.807) is 44.4 Å². The highest BCUT2D eigenvalue weighted by atomic mass is 16.5. The third-order valence-corrected chi connectivity index (χ3v) is 7.11. The molecular weight excluding hydrogens is 472 g/mol. The number of carbonyl (C=O) groups is 3. The molecule has 0 aromatic heterocycles. The number of fused-ring (bicyclic) bond motifs is 2. The van der Waals surface area contributed by atoms with E-state index in [4.69, 9.17) is 9.47 Å². The number of nitrogens with one attached hydrogen (secondary N) is 3. The van der Waals surface area contributed by atoms with Gasteiger partial charge in [-0.25, -0.2) is 0 Å². The van der Waals surface area contributed by atoms with Crippen LogP contribution in [0.25, 0.3) is 11.1 Å². The van der Waals surface area contributed by atoms with Gasteiger partial charge in [0.2, 0.25) is 11.8 Å². The molecule has 2 aliphatic heterocycles. The molecule has 0 bridgehead atoms. The largest absolute Gasteiger partial charge is 0.497 e. The van der Waals surface area contributed by atoms with Crippen molar-refractivity contribution in [1.29, 1.82) is 0 Å². The zero-order chi connectivity index (χ0) is 26.7. The Hall–Kier alpha value is -3.59. The number of benzene rings is 2. The summed E-state index contributed by atoms with van der Waals surface area (Å²) < 4.78 is 10.8. The molecular formula is C28H36N4O5. The van der Waals surface area contributed by atoms with Crippen molar-refractivity contribution in [2.24, 2.45) is 5.92 Å². The first-order valence-corrected chi connectivity index (χ1v) is 12.7. The molecule has 0 aliphatic carbocycles. The number of hydrogen-bond acceptors (Lipinski definition) is 6. The van der Waals surface area contributed by atoms with E-state index in [2.05, 4.69) is 29.8 Å². The number of likely N-dealkylation sites (N-methyl/N-ethyl adjacent to an activating group) is 1. The molecule has 3 unspecified atom stereocenters. The second-order valence-corrected chi connectivity index (χ2v) is 10.0. The summed E-state index contributed by atoms with van der Waals surface area (Å²) in [6, 6.07) is 9.78. The minimum absolute atomic E-state index is 0.0728. The normalized spacial score (nSPS) is 19.9. The van der Waals surface area contributed by atoms with Gasteiger partial charge >= 0.3 is 0 Å². The molecule has 1 fully saturated rings. The zero-order valence-corrected chi connectivity index (χ0v) is 22.1. The maximum absolute atomic E-state index is 13.6. The second kappa shape index (κ2) is 11.2. The summed E-state index contributed by atoms with van der Waals surface area (Å²) in [7, 11) is 4.95. The molecule has 0 spiro atoms. The van der Waals surface area contributed by atoms with E-state index in [9.17, 15) is 14.4 Å². The van der Waals surface area contributed by atoms with E-state index >= 15 is 0 Å². The number of anilines is 1. The van der Waals surface area contributed by atoms with Crippen LogP contribution in [-0.2, 0) is 9.59 Å². The van der Waals surface area contributed by atoms with Gasteiger partial charge in [0.1, 0.15) is 17.5 Å². The minimum Gasteiger partial charge on any atom is -0.497 e. The fourth-order valence-electron chi connectivity index (χ4n) is 5.12. The lowest BCUT2D eigenvalue weighted by molar-refractivity contribution is -0.126. The van der Waals surface area contributed by atoms with Crippen LogP contribution in [-0.4, -0.2) is 68.6 Å². The quantitative estimate of drug-likeness (QED) is 0.506. The van der Waals surface area contributed by atoms with E-state index in [1.807, 2.05) is 18.2 Å². The number of rotatable bonds is 8. The Labute approximate surface area is 217 Å². The fraction of sp³-hybridized carbons (Fsp3) is 0.464. The van der Waals surface area contributed by atoms with Crippen LogP contribution in [0.4, 0.5) is 5.69 Å². The molecule has 2 heterocycles. The number of hydrogen-bond donors (Lipinski definition) is 3.